The van der Waals surface area contributed by atoms with Crippen molar-refractivity contribution in [2.45, 2.75) is 39.3 Å². The summed E-state index contributed by atoms with van der Waals surface area (Å²) >= 11 is 0. The average molecular weight is 316 g/mol. The number of amides is 2. The Kier molecular flexibility index (Phi) is 4.57. The molecule has 7 heteroatoms. The summed E-state index contributed by atoms with van der Waals surface area (Å²) < 4.78 is 10.7. The number of rotatable bonds is 4. The van der Waals surface area contributed by atoms with Crippen LogP contribution in [0.3, 0.4) is 0 Å². The first-order chi connectivity index (χ1) is 11.1. The van der Waals surface area contributed by atoms with E-state index in [-0.39, 0.29) is 18.7 Å². The highest BCUT2D eigenvalue weighted by Gasteiger charge is 2.23. The first-order valence-corrected chi connectivity index (χ1v) is 7.67. The number of carbonyl (C=O) groups is 1. The molecule has 1 atom stereocenters. The van der Waals surface area contributed by atoms with Crippen LogP contribution in [0.4, 0.5) is 10.5 Å². The molecular weight excluding hydrogens is 296 g/mol. The minimum absolute atomic E-state index is 0.111. The highest BCUT2D eigenvalue weighted by molar-refractivity contribution is 5.89. The van der Waals surface area contributed by atoms with E-state index in [0.29, 0.717) is 11.7 Å². The number of carbonyl (C=O) groups excluding carboxylic acids is 1. The van der Waals surface area contributed by atoms with Crippen LogP contribution in [0.5, 0.6) is 0 Å². The van der Waals surface area contributed by atoms with Gasteiger partial charge < -0.3 is 19.9 Å². The molecule has 0 radical (unpaired) electrons. The zero-order chi connectivity index (χ0) is 16.2. The molecule has 7 nitrogen and oxygen atoms in total. The molecule has 23 heavy (non-hydrogen) atoms. The molecule has 0 spiro atoms. The Balaban J connectivity index is 1.52. The Morgan fingerprint density at radius 2 is 2.09 bits per heavy atom. The SMILES string of the molecule is Cc1cc(C)cc(NC(=O)NCc2noc(C3CCCO3)n2)c1. The predicted molar refractivity (Wildman–Crippen MR) is 84.0 cm³/mol. The predicted octanol–water partition coefficient (Wildman–Crippen LogP) is 2.86. The van der Waals surface area contributed by atoms with Crippen molar-refractivity contribution in [1.82, 2.24) is 15.5 Å². The molecule has 1 aromatic carbocycles. The molecule has 122 valence electrons. The fourth-order valence-corrected chi connectivity index (χ4v) is 2.62. The number of anilines is 1. The van der Waals surface area contributed by atoms with Crippen LogP contribution in [-0.2, 0) is 11.3 Å². The number of hydrogen-bond donors (Lipinski definition) is 2. The number of urea groups is 1. The maximum atomic E-state index is 11.9. The summed E-state index contributed by atoms with van der Waals surface area (Å²) in [4.78, 5) is 16.2. The lowest BCUT2D eigenvalue weighted by atomic mass is 10.1. The maximum absolute atomic E-state index is 11.9. The van der Waals surface area contributed by atoms with Crippen LogP contribution in [-0.4, -0.2) is 22.8 Å². The van der Waals surface area contributed by atoms with Crippen LogP contribution in [0.25, 0.3) is 0 Å². The lowest BCUT2D eigenvalue weighted by Gasteiger charge is -2.08. The van der Waals surface area contributed by atoms with Crippen LogP contribution in [0.2, 0.25) is 0 Å². The van der Waals surface area contributed by atoms with E-state index >= 15 is 0 Å². The molecule has 0 saturated carbocycles. The monoisotopic (exact) mass is 316 g/mol. The van der Waals surface area contributed by atoms with Crippen LogP contribution in [0.1, 0.15) is 41.8 Å². The van der Waals surface area contributed by atoms with E-state index in [9.17, 15) is 4.79 Å². The van der Waals surface area contributed by atoms with Gasteiger partial charge in [0.05, 0.1) is 6.54 Å². The van der Waals surface area contributed by atoms with E-state index in [2.05, 4.69) is 26.8 Å². The van der Waals surface area contributed by atoms with Gasteiger partial charge in [0.2, 0.25) is 0 Å². The Morgan fingerprint density at radius 3 is 2.78 bits per heavy atom. The molecule has 1 aliphatic rings. The minimum atomic E-state index is -0.307. The van der Waals surface area contributed by atoms with Gasteiger partial charge >= 0.3 is 6.03 Å². The number of aryl methyl sites for hydroxylation is 2. The lowest BCUT2D eigenvalue weighted by Crippen LogP contribution is -2.28. The second-order valence-electron chi connectivity index (χ2n) is 5.73. The number of ether oxygens (including phenoxy) is 1. The van der Waals surface area contributed by atoms with Gasteiger partial charge in [0, 0.05) is 12.3 Å². The van der Waals surface area contributed by atoms with Crippen molar-refractivity contribution in [1.29, 1.82) is 0 Å². The topological polar surface area (TPSA) is 89.3 Å². The van der Waals surface area contributed by atoms with Crippen LogP contribution in [0, 0.1) is 13.8 Å². The van der Waals surface area contributed by atoms with E-state index in [1.807, 2.05) is 26.0 Å². The molecule has 3 rings (SSSR count). The Bertz CT molecular complexity index is 672. The van der Waals surface area contributed by atoms with Crippen molar-refractivity contribution in [3.8, 4) is 0 Å². The summed E-state index contributed by atoms with van der Waals surface area (Å²) in [5.41, 5.74) is 2.95. The van der Waals surface area contributed by atoms with Crippen LogP contribution < -0.4 is 10.6 Å². The Morgan fingerprint density at radius 1 is 1.30 bits per heavy atom. The zero-order valence-electron chi connectivity index (χ0n) is 13.3. The molecule has 2 aromatic rings. The molecule has 0 aliphatic carbocycles. The molecule has 1 saturated heterocycles. The van der Waals surface area contributed by atoms with E-state index in [4.69, 9.17) is 9.26 Å². The van der Waals surface area contributed by atoms with Gasteiger partial charge in [0.15, 0.2) is 5.82 Å². The molecule has 1 aliphatic heterocycles. The third-order valence-corrected chi connectivity index (χ3v) is 3.58. The van der Waals surface area contributed by atoms with E-state index < -0.39 is 0 Å². The lowest BCUT2D eigenvalue weighted by molar-refractivity contribution is 0.0835. The zero-order valence-corrected chi connectivity index (χ0v) is 13.3. The second kappa shape index (κ2) is 6.78. The third kappa shape index (κ3) is 4.07. The van der Waals surface area contributed by atoms with Crippen molar-refractivity contribution in [2.75, 3.05) is 11.9 Å². The van der Waals surface area contributed by atoms with Crippen molar-refractivity contribution < 1.29 is 14.1 Å². The minimum Gasteiger partial charge on any atom is -0.368 e. The molecule has 1 aromatic heterocycles. The number of aromatic nitrogens is 2. The van der Waals surface area contributed by atoms with Crippen molar-refractivity contribution in [3.05, 3.63) is 41.0 Å². The van der Waals surface area contributed by atoms with Crippen molar-refractivity contribution >= 4 is 11.7 Å². The number of hydrogen-bond acceptors (Lipinski definition) is 5. The highest BCUT2D eigenvalue weighted by Crippen LogP contribution is 2.26. The average Bonchev–Trinajstić information content (AvgIpc) is 3.15. The number of benzene rings is 1. The highest BCUT2D eigenvalue weighted by atomic mass is 16.5. The first kappa shape index (κ1) is 15.5. The summed E-state index contributed by atoms with van der Waals surface area (Å²) in [5, 5.41) is 9.37. The summed E-state index contributed by atoms with van der Waals surface area (Å²) in [6.07, 6.45) is 1.78. The van der Waals surface area contributed by atoms with Gasteiger partial charge in [-0.25, -0.2) is 4.79 Å². The van der Waals surface area contributed by atoms with E-state index in [0.717, 1.165) is 36.3 Å². The summed E-state index contributed by atoms with van der Waals surface area (Å²) in [6, 6.07) is 5.57. The quantitative estimate of drug-likeness (QED) is 0.905. The summed E-state index contributed by atoms with van der Waals surface area (Å²) in [6.45, 7) is 4.90. The molecule has 2 heterocycles. The maximum Gasteiger partial charge on any atom is 0.319 e. The van der Waals surface area contributed by atoms with Gasteiger partial charge in [-0.1, -0.05) is 11.2 Å². The van der Waals surface area contributed by atoms with Crippen LogP contribution >= 0.6 is 0 Å². The number of nitrogens with zero attached hydrogens (tertiary/aromatic N) is 2. The Hall–Kier alpha value is -2.41. The van der Waals surface area contributed by atoms with Crippen molar-refractivity contribution in [3.63, 3.8) is 0 Å². The molecule has 0 bridgehead atoms. The van der Waals surface area contributed by atoms with E-state index in [1.54, 1.807) is 0 Å². The summed E-state index contributed by atoms with van der Waals surface area (Å²) in [7, 11) is 0. The largest absolute Gasteiger partial charge is 0.368 e. The number of nitrogens with one attached hydrogen (secondary N) is 2. The normalized spacial score (nSPS) is 17.2. The van der Waals surface area contributed by atoms with Gasteiger partial charge in [-0.2, -0.15) is 4.98 Å². The molecule has 1 unspecified atom stereocenters. The first-order valence-electron chi connectivity index (χ1n) is 7.67. The molecule has 2 amide bonds. The molecular formula is C16H20N4O3. The summed E-state index contributed by atoms with van der Waals surface area (Å²) in [5.74, 6) is 0.917. The standard InChI is InChI=1S/C16H20N4O3/c1-10-6-11(2)8-12(7-10)18-16(21)17-9-14-19-15(23-20-14)13-4-3-5-22-13/h6-8,13H,3-5,9H2,1-2H3,(H2,17,18,21). The molecule has 1 fully saturated rings. The van der Waals surface area contributed by atoms with Gasteiger partial charge in [-0.3, -0.25) is 0 Å². The van der Waals surface area contributed by atoms with Gasteiger partial charge in [-0.05, 0) is 49.9 Å². The van der Waals surface area contributed by atoms with Gasteiger partial charge in [0.1, 0.15) is 6.10 Å². The van der Waals surface area contributed by atoms with Crippen LogP contribution in [0.15, 0.2) is 22.7 Å². The van der Waals surface area contributed by atoms with E-state index in [1.165, 1.54) is 0 Å². The third-order valence-electron chi connectivity index (χ3n) is 3.58. The fourth-order valence-electron chi connectivity index (χ4n) is 2.62. The molecule has 2 N–H and O–H groups in total. The van der Waals surface area contributed by atoms with Gasteiger partial charge in [-0.15, -0.1) is 0 Å². The van der Waals surface area contributed by atoms with Gasteiger partial charge in [0.25, 0.3) is 5.89 Å². The smallest absolute Gasteiger partial charge is 0.319 e. The Labute approximate surface area is 134 Å². The van der Waals surface area contributed by atoms with Crippen molar-refractivity contribution in [2.24, 2.45) is 0 Å². The second-order valence-corrected chi connectivity index (χ2v) is 5.73. The fraction of sp³-hybridized carbons (Fsp3) is 0.438.